The molecule has 4 nitrogen and oxygen atoms in total. The number of piperazine rings is 1. The molecule has 0 bridgehead atoms. The van der Waals surface area contributed by atoms with Gasteiger partial charge in [0.1, 0.15) is 11.9 Å². The van der Waals surface area contributed by atoms with E-state index in [4.69, 9.17) is 0 Å². The van der Waals surface area contributed by atoms with Crippen LogP contribution < -0.4 is 5.32 Å². The van der Waals surface area contributed by atoms with Gasteiger partial charge >= 0.3 is 0 Å². The number of carbonyl (C=O) groups excluding carboxylic acids is 2. The molecule has 1 atom stereocenters. The molecular weight excluding hydrogens is 259 g/mol. The second kappa shape index (κ2) is 6.50. The van der Waals surface area contributed by atoms with Gasteiger partial charge in [0.2, 0.25) is 11.8 Å². The Kier molecular flexibility index (Phi) is 4.71. The van der Waals surface area contributed by atoms with Gasteiger partial charge in [-0.25, -0.2) is 4.39 Å². The van der Waals surface area contributed by atoms with Gasteiger partial charge in [-0.2, -0.15) is 0 Å². The fourth-order valence-corrected chi connectivity index (χ4v) is 2.38. The largest absolute Gasteiger partial charge is 0.352 e. The van der Waals surface area contributed by atoms with Gasteiger partial charge < -0.3 is 10.2 Å². The van der Waals surface area contributed by atoms with Crippen molar-refractivity contribution in [3.63, 3.8) is 0 Å². The average Bonchev–Trinajstić information content (AvgIpc) is 2.45. The molecule has 2 amide bonds. The van der Waals surface area contributed by atoms with Crippen molar-refractivity contribution in [2.75, 3.05) is 13.1 Å². The number of carbonyl (C=O) groups is 2. The molecule has 5 heteroatoms. The van der Waals surface area contributed by atoms with Crippen LogP contribution in [0.4, 0.5) is 4.39 Å². The topological polar surface area (TPSA) is 49.4 Å². The van der Waals surface area contributed by atoms with E-state index < -0.39 is 6.04 Å². The van der Waals surface area contributed by atoms with Gasteiger partial charge in [-0.05, 0) is 24.1 Å². The van der Waals surface area contributed by atoms with Crippen LogP contribution in [0, 0.1) is 5.82 Å². The second-order valence-electron chi connectivity index (χ2n) is 4.94. The van der Waals surface area contributed by atoms with E-state index in [2.05, 4.69) is 5.32 Å². The highest BCUT2D eigenvalue weighted by molar-refractivity contribution is 5.89. The SMILES string of the molecule is CCCCC(=O)N1CCNC(=O)C1c1ccc(F)cc1. The van der Waals surface area contributed by atoms with Crippen molar-refractivity contribution < 1.29 is 14.0 Å². The molecule has 1 heterocycles. The minimum absolute atomic E-state index is 0.0176. The summed E-state index contributed by atoms with van der Waals surface area (Å²) in [5.41, 5.74) is 0.647. The molecular formula is C15H19FN2O2. The van der Waals surface area contributed by atoms with Crippen LogP contribution in [0.25, 0.3) is 0 Å². The van der Waals surface area contributed by atoms with Gasteiger partial charge in [-0.15, -0.1) is 0 Å². The molecule has 1 unspecified atom stereocenters. The van der Waals surface area contributed by atoms with Crippen LogP contribution in [0.3, 0.4) is 0 Å². The standard InChI is InChI=1S/C15H19FN2O2/c1-2-3-4-13(19)18-10-9-17-15(20)14(18)11-5-7-12(16)8-6-11/h5-8,14H,2-4,9-10H2,1H3,(H,17,20). The third-order valence-electron chi connectivity index (χ3n) is 3.46. The van der Waals surface area contributed by atoms with Crippen molar-refractivity contribution >= 4 is 11.8 Å². The Hall–Kier alpha value is -1.91. The third kappa shape index (κ3) is 3.15. The summed E-state index contributed by atoms with van der Waals surface area (Å²) in [4.78, 5) is 25.9. The monoisotopic (exact) mass is 278 g/mol. The van der Waals surface area contributed by atoms with Gasteiger partial charge in [-0.3, -0.25) is 9.59 Å². The molecule has 1 N–H and O–H groups in total. The first-order valence-corrected chi connectivity index (χ1v) is 6.96. The first-order chi connectivity index (χ1) is 9.63. The predicted molar refractivity (Wildman–Crippen MR) is 73.4 cm³/mol. The van der Waals surface area contributed by atoms with Crippen LogP contribution >= 0.6 is 0 Å². The highest BCUT2D eigenvalue weighted by Crippen LogP contribution is 2.24. The van der Waals surface area contributed by atoms with Crippen LogP contribution in [0.5, 0.6) is 0 Å². The van der Waals surface area contributed by atoms with E-state index in [0.717, 1.165) is 12.8 Å². The van der Waals surface area contributed by atoms with E-state index in [1.807, 2.05) is 6.92 Å². The summed E-state index contributed by atoms with van der Waals surface area (Å²) in [6.45, 7) is 2.98. The summed E-state index contributed by atoms with van der Waals surface area (Å²) < 4.78 is 13.0. The molecule has 0 radical (unpaired) electrons. The lowest BCUT2D eigenvalue weighted by atomic mass is 10.0. The van der Waals surface area contributed by atoms with E-state index in [-0.39, 0.29) is 17.6 Å². The Labute approximate surface area is 118 Å². The van der Waals surface area contributed by atoms with E-state index in [0.29, 0.717) is 25.1 Å². The number of benzene rings is 1. The molecule has 1 saturated heterocycles. The fourth-order valence-electron chi connectivity index (χ4n) is 2.38. The number of halogens is 1. The van der Waals surface area contributed by atoms with E-state index >= 15 is 0 Å². The number of rotatable bonds is 4. The number of nitrogens with zero attached hydrogens (tertiary/aromatic N) is 1. The Bertz CT molecular complexity index is 487. The van der Waals surface area contributed by atoms with Crippen molar-refractivity contribution in [3.05, 3.63) is 35.6 Å². The Morgan fingerprint density at radius 1 is 1.40 bits per heavy atom. The van der Waals surface area contributed by atoms with Crippen molar-refractivity contribution in [2.24, 2.45) is 0 Å². The maximum atomic E-state index is 13.0. The summed E-state index contributed by atoms with van der Waals surface area (Å²) >= 11 is 0. The zero-order valence-corrected chi connectivity index (χ0v) is 11.6. The van der Waals surface area contributed by atoms with E-state index in [9.17, 15) is 14.0 Å². The van der Waals surface area contributed by atoms with Gasteiger partial charge in [0.15, 0.2) is 0 Å². The first-order valence-electron chi connectivity index (χ1n) is 6.96. The predicted octanol–water partition coefficient (Wildman–Crippen LogP) is 2.02. The molecule has 20 heavy (non-hydrogen) atoms. The summed E-state index contributed by atoms with van der Waals surface area (Å²) in [6.07, 6.45) is 2.20. The van der Waals surface area contributed by atoms with Crippen molar-refractivity contribution in [2.45, 2.75) is 32.2 Å². The Balaban J connectivity index is 2.22. The molecule has 1 aliphatic rings. The zero-order chi connectivity index (χ0) is 14.5. The molecule has 1 aliphatic heterocycles. The lowest BCUT2D eigenvalue weighted by Gasteiger charge is -2.35. The smallest absolute Gasteiger partial charge is 0.247 e. The van der Waals surface area contributed by atoms with E-state index in [1.54, 1.807) is 17.0 Å². The van der Waals surface area contributed by atoms with Crippen molar-refractivity contribution in [3.8, 4) is 0 Å². The van der Waals surface area contributed by atoms with Gasteiger partial charge in [-0.1, -0.05) is 25.5 Å². The van der Waals surface area contributed by atoms with Crippen LogP contribution in [0.2, 0.25) is 0 Å². The molecule has 0 saturated carbocycles. The first kappa shape index (κ1) is 14.5. The van der Waals surface area contributed by atoms with Gasteiger partial charge in [0, 0.05) is 19.5 Å². The number of nitrogens with one attached hydrogen (secondary N) is 1. The Morgan fingerprint density at radius 3 is 2.75 bits per heavy atom. The van der Waals surface area contributed by atoms with E-state index in [1.165, 1.54) is 12.1 Å². The molecule has 108 valence electrons. The maximum Gasteiger partial charge on any atom is 0.247 e. The maximum absolute atomic E-state index is 13.0. The molecule has 1 fully saturated rings. The number of hydrogen-bond acceptors (Lipinski definition) is 2. The van der Waals surface area contributed by atoms with Crippen LogP contribution in [0.15, 0.2) is 24.3 Å². The van der Waals surface area contributed by atoms with Crippen LogP contribution in [-0.4, -0.2) is 29.8 Å². The van der Waals surface area contributed by atoms with Crippen LogP contribution in [-0.2, 0) is 9.59 Å². The normalized spacial score (nSPS) is 18.8. The highest BCUT2D eigenvalue weighted by Gasteiger charge is 2.33. The number of unbranched alkanes of at least 4 members (excludes halogenated alkanes) is 1. The van der Waals surface area contributed by atoms with Crippen molar-refractivity contribution in [1.29, 1.82) is 0 Å². The minimum Gasteiger partial charge on any atom is -0.352 e. The molecule has 0 aliphatic carbocycles. The minimum atomic E-state index is -0.645. The molecule has 1 aromatic carbocycles. The number of amides is 2. The average molecular weight is 278 g/mol. The Morgan fingerprint density at radius 2 is 2.10 bits per heavy atom. The third-order valence-corrected chi connectivity index (χ3v) is 3.46. The lowest BCUT2D eigenvalue weighted by Crippen LogP contribution is -2.52. The molecule has 2 rings (SSSR count). The zero-order valence-electron chi connectivity index (χ0n) is 11.6. The summed E-state index contributed by atoms with van der Waals surface area (Å²) in [5, 5.41) is 2.76. The lowest BCUT2D eigenvalue weighted by molar-refractivity contribution is -0.143. The molecule has 0 aromatic heterocycles. The fraction of sp³-hybridized carbons (Fsp3) is 0.467. The molecule has 1 aromatic rings. The van der Waals surface area contributed by atoms with Crippen molar-refractivity contribution in [1.82, 2.24) is 10.2 Å². The van der Waals surface area contributed by atoms with Crippen LogP contribution in [0.1, 0.15) is 37.8 Å². The van der Waals surface area contributed by atoms with Gasteiger partial charge in [0.25, 0.3) is 0 Å². The molecule has 0 spiro atoms. The summed E-state index contributed by atoms with van der Waals surface area (Å²) in [6, 6.07) is 5.10. The summed E-state index contributed by atoms with van der Waals surface area (Å²) in [5.74, 6) is -0.572. The highest BCUT2D eigenvalue weighted by atomic mass is 19.1. The quantitative estimate of drug-likeness (QED) is 0.916. The van der Waals surface area contributed by atoms with Gasteiger partial charge in [0.05, 0.1) is 0 Å². The second-order valence-corrected chi connectivity index (χ2v) is 4.94. The summed E-state index contributed by atoms with van der Waals surface area (Å²) in [7, 11) is 0. The number of hydrogen-bond donors (Lipinski definition) is 1.